The molecule has 2 aliphatic carbocycles. The Bertz CT molecular complexity index is 565. The average molecular weight is 332 g/mol. The van der Waals surface area contributed by atoms with Crippen LogP contribution in [0.3, 0.4) is 0 Å². The van der Waals surface area contributed by atoms with E-state index in [0.29, 0.717) is 11.7 Å². The van der Waals surface area contributed by atoms with Gasteiger partial charge in [-0.3, -0.25) is 4.79 Å². The second kappa shape index (κ2) is 7.25. The Morgan fingerprint density at radius 3 is 2.83 bits per heavy atom. The monoisotopic (exact) mass is 331 g/mol. The maximum absolute atomic E-state index is 12.3. The molecule has 1 fully saturated rings. The fraction of sp³-hybridized carbons (Fsp3) is 0.714. The summed E-state index contributed by atoms with van der Waals surface area (Å²) in [7, 11) is 1.59. The van der Waals surface area contributed by atoms with Crippen molar-refractivity contribution >= 4 is 11.5 Å². The van der Waals surface area contributed by atoms with Crippen molar-refractivity contribution in [3.05, 3.63) is 23.8 Å². The number of carbonyl (C=O) groups is 1. The number of Topliss-reactive ketones (excluding diaryl/α,β-unsaturated/α-hetero) is 1. The van der Waals surface area contributed by atoms with Crippen LogP contribution in [0.5, 0.6) is 0 Å². The maximum atomic E-state index is 12.3. The Labute approximate surface area is 147 Å². The Morgan fingerprint density at radius 1 is 1.50 bits per heavy atom. The minimum Gasteiger partial charge on any atom is -0.399 e. The van der Waals surface area contributed by atoms with E-state index in [1.54, 1.807) is 7.11 Å². The lowest BCUT2D eigenvalue weighted by atomic mass is 9.63. The predicted octanol–water partition coefficient (Wildman–Crippen LogP) is 5.32. The van der Waals surface area contributed by atoms with Gasteiger partial charge in [-0.15, -0.1) is 0 Å². The Kier molecular flexibility index (Phi) is 5.72. The smallest absolute Gasteiger partial charge is 0.137 e. The quantitative estimate of drug-likeness (QED) is 0.388. The third kappa shape index (κ3) is 3.81. The fourth-order valence-electron chi connectivity index (χ4n) is 4.34. The first-order valence-corrected chi connectivity index (χ1v) is 9.21. The van der Waals surface area contributed by atoms with Gasteiger partial charge in [0.2, 0.25) is 0 Å². The highest BCUT2D eigenvalue weighted by atomic mass is 16.6. The van der Waals surface area contributed by atoms with Crippen molar-refractivity contribution in [2.75, 3.05) is 7.11 Å². The van der Waals surface area contributed by atoms with Gasteiger partial charge < -0.3 is 4.84 Å². The van der Waals surface area contributed by atoms with E-state index in [4.69, 9.17) is 4.84 Å². The number of hydrogen-bond acceptors (Lipinski definition) is 3. The summed E-state index contributed by atoms with van der Waals surface area (Å²) in [6.45, 7) is 11.0. The molecule has 0 aromatic rings. The normalized spacial score (nSPS) is 29.6. The second-order valence-corrected chi connectivity index (χ2v) is 8.63. The zero-order valence-electron chi connectivity index (χ0n) is 16.2. The molecule has 0 heterocycles. The van der Waals surface area contributed by atoms with Crippen LogP contribution in [0.25, 0.3) is 0 Å². The zero-order chi connectivity index (χ0) is 18.0. The van der Waals surface area contributed by atoms with Crippen LogP contribution >= 0.6 is 0 Å². The minimum absolute atomic E-state index is 0.0325. The Hall–Kier alpha value is -1.38. The first-order chi connectivity index (χ1) is 11.2. The van der Waals surface area contributed by atoms with Crippen molar-refractivity contribution in [2.24, 2.45) is 27.8 Å². The molecular weight excluding hydrogens is 298 g/mol. The highest BCUT2D eigenvalue weighted by molar-refractivity contribution is 5.98. The number of carbonyl (C=O) groups excluding carboxylic acids is 1. The van der Waals surface area contributed by atoms with Gasteiger partial charge in [0.1, 0.15) is 12.9 Å². The van der Waals surface area contributed by atoms with E-state index < -0.39 is 0 Å². The number of ketones is 1. The summed E-state index contributed by atoms with van der Waals surface area (Å²) in [6, 6.07) is 0. The van der Waals surface area contributed by atoms with Crippen molar-refractivity contribution in [2.45, 2.75) is 66.7 Å². The Balaban J connectivity index is 2.05. The first kappa shape index (κ1) is 19.0. The molecule has 24 heavy (non-hydrogen) atoms. The van der Waals surface area contributed by atoms with E-state index in [2.05, 4.69) is 58.0 Å². The van der Waals surface area contributed by atoms with Gasteiger partial charge in [-0.25, -0.2) is 0 Å². The average Bonchev–Trinajstić information content (AvgIpc) is 2.83. The Morgan fingerprint density at radius 2 is 2.21 bits per heavy atom. The molecule has 0 aliphatic heterocycles. The molecule has 0 aromatic heterocycles. The largest absolute Gasteiger partial charge is 0.399 e. The van der Waals surface area contributed by atoms with Crippen molar-refractivity contribution < 1.29 is 9.63 Å². The zero-order valence-corrected chi connectivity index (χ0v) is 16.2. The molecule has 3 heteroatoms. The van der Waals surface area contributed by atoms with Crippen LogP contribution in [0.15, 0.2) is 29.0 Å². The number of oxime groups is 1. The molecule has 3 nitrogen and oxygen atoms in total. The van der Waals surface area contributed by atoms with Crippen molar-refractivity contribution in [3.63, 3.8) is 0 Å². The summed E-state index contributed by atoms with van der Waals surface area (Å²) in [5, 5.41) is 4.15. The van der Waals surface area contributed by atoms with E-state index in [-0.39, 0.29) is 16.7 Å². The molecule has 2 rings (SSSR count). The molecule has 0 aromatic carbocycles. The second-order valence-electron chi connectivity index (χ2n) is 8.63. The van der Waals surface area contributed by atoms with Crippen molar-refractivity contribution in [3.8, 4) is 0 Å². The highest BCUT2D eigenvalue weighted by Gasteiger charge is 2.47. The highest BCUT2D eigenvalue weighted by Crippen LogP contribution is 2.53. The van der Waals surface area contributed by atoms with Gasteiger partial charge in [0.05, 0.1) is 5.71 Å². The first-order valence-electron chi connectivity index (χ1n) is 9.21. The summed E-state index contributed by atoms with van der Waals surface area (Å²) >= 11 is 0. The maximum Gasteiger partial charge on any atom is 0.137 e. The van der Waals surface area contributed by atoms with Crippen LogP contribution in [-0.2, 0) is 9.63 Å². The molecule has 0 radical (unpaired) electrons. The van der Waals surface area contributed by atoms with Gasteiger partial charge in [0.25, 0.3) is 0 Å². The van der Waals surface area contributed by atoms with Crippen LogP contribution in [0.4, 0.5) is 0 Å². The number of nitrogens with zero attached hydrogens (tertiary/aromatic N) is 1. The number of fused-ring (bicyclic) bond motifs is 1. The fourth-order valence-corrected chi connectivity index (χ4v) is 4.34. The predicted molar refractivity (Wildman–Crippen MR) is 100.0 cm³/mol. The molecule has 0 saturated heterocycles. The molecule has 0 bridgehead atoms. The van der Waals surface area contributed by atoms with Crippen LogP contribution in [-0.4, -0.2) is 18.6 Å². The van der Waals surface area contributed by atoms with Gasteiger partial charge in [-0.1, -0.05) is 57.5 Å². The molecule has 0 spiro atoms. The third-order valence-corrected chi connectivity index (χ3v) is 5.76. The van der Waals surface area contributed by atoms with Gasteiger partial charge in [-0.2, -0.15) is 0 Å². The lowest BCUT2D eigenvalue weighted by Gasteiger charge is -2.40. The van der Waals surface area contributed by atoms with Gasteiger partial charge in [-0.05, 0) is 43.1 Å². The van der Waals surface area contributed by atoms with Gasteiger partial charge in [0, 0.05) is 17.8 Å². The molecule has 0 N–H and O–H groups in total. The standard InChI is InChI=1S/C21H33NO2/c1-15(9-7-11-19(22-24-6)20(2,3)4)16-12-13-17-18(23)10-8-14-21(16,17)5/h7,11-12,15,17H,8-10,13-14H2,1-6H3/b11-7+,22-19?. The lowest BCUT2D eigenvalue weighted by Crippen LogP contribution is -2.36. The lowest BCUT2D eigenvalue weighted by molar-refractivity contribution is -0.128. The number of hydrogen-bond donors (Lipinski definition) is 0. The molecule has 2 aliphatic rings. The third-order valence-electron chi connectivity index (χ3n) is 5.76. The summed E-state index contributed by atoms with van der Waals surface area (Å²) in [5.41, 5.74) is 2.51. The van der Waals surface area contributed by atoms with E-state index in [1.165, 1.54) is 5.57 Å². The summed E-state index contributed by atoms with van der Waals surface area (Å²) in [4.78, 5) is 17.2. The van der Waals surface area contributed by atoms with Gasteiger partial charge >= 0.3 is 0 Å². The van der Waals surface area contributed by atoms with Crippen molar-refractivity contribution in [1.82, 2.24) is 0 Å². The number of rotatable bonds is 5. The molecule has 3 atom stereocenters. The van der Waals surface area contributed by atoms with Crippen LogP contribution in [0.2, 0.25) is 0 Å². The molecular formula is C21H33NO2. The van der Waals surface area contributed by atoms with Crippen molar-refractivity contribution in [1.29, 1.82) is 0 Å². The van der Waals surface area contributed by atoms with E-state index in [1.807, 2.05) is 0 Å². The molecule has 3 unspecified atom stereocenters. The SMILES string of the molecule is CON=C(/C=C/CC(C)C1=CCC2C(=O)CCCC12C)C(C)(C)C. The van der Waals surface area contributed by atoms with E-state index in [0.717, 1.165) is 37.8 Å². The topological polar surface area (TPSA) is 38.7 Å². The molecule has 134 valence electrons. The summed E-state index contributed by atoms with van der Waals surface area (Å²) in [5.74, 6) is 1.17. The van der Waals surface area contributed by atoms with Crippen LogP contribution < -0.4 is 0 Å². The molecule has 0 amide bonds. The van der Waals surface area contributed by atoms with E-state index >= 15 is 0 Å². The van der Waals surface area contributed by atoms with Gasteiger partial charge in [0.15, 0.2) is 0 Å². The molecule has 1 saturated carbocycles. The van der Waals surface area contributed by atoms with Crippen LogP contribution in [0, 0.1) is 22.7 Å². The van der Waals surface area contributed by atoms with E-state index in [9.17, 15) is 4.79 Å². The minimum atomic E-state index is -0.0325. The summed E-state index contributed by atoms with van der Waals surface area (Å²) in [6.07, 6.45) is 11.5. The summed E-state index contributed by atoms with van der Waals surface area (Å²) < 4.78 is 0. The number of allylic oxidation sites excluding steroid dienone is 4. The van der Waals surface area contributed by atoms with Crippen LogP contribution in [0.1, 0.15) is 66.7 Å².